The molecule has 0 radical (unpaired) electrons. The van der Waals surface area contributed by atoms with Crippen molar-refractivity contribution in [2.24, 2.45) is 0 Å². The molecule has 0 atom stereocenters. The van der Waals surface area contributed by atoms with E-state index in [4.69, 9.17) is 0 Å². The lowest BCUT2D eigenvalue weighted by molar-refractivity contribution is -0.115. The molecule has 5 nitrogen and oxygen atoms in total. The van der Waals surface area contributed by atoms with E-state index in [9.17, 15) is 9.90 Å². The number of aromatic nitrogens is 2. The predicted octanol–water partition coefficient (Wildman–Crippen LogP) is 3.13. The number of phenols is 1. The van der Waals surface area contributed by atoms with Gasteiger partial charge in [-0.2, -0.15) is 0 Å². The number of carbonyl (C=O) groups excluding carboxylic acids is 1. The van der Waals surface area contributed by atoms with E-state index in [1.807, 2.05) is 42.7 Å². The van der Waals surface area contributed by atoms with Crippen molar-refractivity contribution in [1.29, 1.82) is 0 Å². The van der Waals surface area contributed by atoms with Crippen LogP contribution in [0.4, 0.5) is 5.69 Å². The number of nitrogens with zero attached hydrogens (tertiary/aromatic N) is 2. The van der Waals surface area contributed by atoms with Crippen LogP contribution >= 0.6 is 0 Å². The first-order chi connectivity index (χ1) is 12.2. The van der Waals surface area contributed by atoms with Crippen molar-refractivity contribution in [2.75, 3.05) is 5.32 Å². The van der Waals surface area contributed by atoms with Gasteiger partial charge < -0.3 is 10.4 Å². The molecule has 25 heavy (non-hydrogen) atoms. The molecule has 0 aliphatic carbocycles. The summed E-state index contributed by atoms with van der Waals surface area (Å²) in [5.41, 5.74) is 4.90. The Balaban J connectivity index is 1.47. The molecule has 2 N–H and O–H groups in total. The normalized spacial score (nSPS) is 12.7. The zero-order valence-corrected chi connectivity index (χ0v) is 13.6. The molecule has 124 valence electrons. The standard InChI is InChI=1S/C20H17N3O2/c24-17-3-1-2-13(8-17)4-7-19-21-11-16(12-22-19)14-5-6-18-15(9-14)10-20(25)23-18/h1-3,5-6,8-9,11-12,24H,4,7,10H2,(H,23,25). The number of phenolic OH excluding ortho intramolecular Hbond substituents is 1. The molecule has 3 aromatic rings. The zero-order valence-electron chi connectivity index (χ0n) is 13.6. The molecule has 1 aromatic heterocycles. The van der Waals surface area contributed by atoms with Gasteiger partial charge in [0, 0.05) is 30.1 Å². The Labute approximate surface area is 145 Å². The van der Waals surface area contributed by atoms with Gasteiger partial charge in [0.2, 0.25) is 5.91 Å². The van der Waals surface area contributed by atoms with Crippen LogP contribution in [0.1, 0.15) is 17.0 Å². The van der Waals surface area contributed by atoms with Gasteiger partial charge in [-0.15, -0.1) is 0 Å². The lowest BCUT2D eigenvalue weighted by Crippen LogP contribution is -2.03. The minimum Gasteiger partial charge on any atom is -0.508 e. The summed E-state index contributed by atoms with van der Waals surface area (Å²) in [6.07, 6.45) is 5.55. The Morgan fingerprint density at radius 2 is 1.84 bits per heavy atom. The van der Waals surface area contributed by atoms with Crippen molar-refractivity contribution in [1.82, 2.24) is 9.97 Å². The summed E-state index contributed by atoms with van der Waals surface area (Å²) >= 11 is 0. The molecular weight excluding hydrogens is 314 g/mol. The average molecular weight is 331 g/mol. The number of rotatable bonds is 4. The first-order valence-corrected chi connectivity index (χ1v) is 8.19. The Bertz CT molecular complexity index is 936. The molecule has 2 aromatic carbocycles. The number of nitrogens with one attached hydrogen (secondary N) is 1. The lowest BCUT2D eigenvalue weighted by Gasteiger charge is -2.06. The maximum Gasteiger partial charge on any atom is 0.228 e. The number of carbonyl (C=O) groups is 1. The zero-order chi connectivity index (χ0) is 17.2. The van der Waals surface area contributed by atoms with Gasteiger partial charge in [0.1, 0.15) is 11.6 Å². The summed E-state index contributed by atoms with van der Waals surface area (Å²) in [5, 5.41) is 12.3. The van der Waals surface area contributed by atoms with Crippen molar-refractivity contribution in [3.05, 3.63) is 71.8 Å². The molecule has 5 heteroatoms. The fraction of sp³-hybridized carbons (Fsp3) is 0.150. The van der Waals surface area contributed by atoms with Crippen molar-refractivity contribution >= 4 is 11.6 Å². The van der Waals surface area contributed by atoms with Gasteiger partial charge in [-0.1, -0.05) is 18.2 Å². The Morgan fingerprint density at radius 3 is 2.64 bits per heavy atom. The fourth-order valence-electron chi connectivity index (χ4n) is 3.01. The van der Waals surface area contributed by atoms with Crippen LogP contribution < -0.4 is 5.32 Å². The van der Waals surface area contributed by atoms with Crippen LogP contribution in [0.5, 0.6) is 5.75 Å². The number of fused-ring (bicyclic) bond motifs is 1. The van der Waals surface area contributed by atoms with Crippen LogP contribution in [0.2, 0.25) is 0 Å². The summed E-state index contributed by atoms with van der Waals surface area (Å²) in [6, 6.07) is 13.1. The summed E-state index contributed by atoms with van der Waals surface area (Å²) in [7, 11) is 0. The Morgan fingerprint density at radius 1 is 1.00 bits per heavy atom. The second-order valence-electron chi connectivity index (χ2n) is 6.15. The highest BCUT2D eigenvalue weighted by Gasteiger charge is 2.17. The summed E-state index contributed by atoms with van der Waals surface area (Å²) in [4.78, 5) is 20.3. The largest absolute Gasteiger partial charge is 0.508 e. The molecular formula is C20H17N3O2. The van der Waals surface area contributed by atoms with E-state index in [1.165, 1.54) is 0 Å². The van der Waals surface area contributed by atoms with E-state index in [-0.39, 0.29) is 11.7 Å². The highest BCUT2D eigenvalue weighted by molar-refractivity contribution is 5.99. The number of hydrogen-bond acceptors (Lipinski definition) is 4. The number of aryl methyl sites for hydroxylation is 2. The molecule has 1 aliphatic rings. The minimum atomic E-state index is 0.0331. The van der Waals surface area contributed by atoms with Gasteiger partial charge in [0.25, 0.3) is 0 Å². The lowest BCUT2D eigenvalue weighted by atomic mass is 10.0. The third kappa shape index (κ3) is 3.35. The third-order valence-electron chi connectivity index (χ3n) is 4.32. The predicted molar refractivity (Wildman–Crippen MR) is 95.3 cm³/mol. The van der Waals surface area contributed by atoms with Crippen molar-refractivity contribution in [3.8, 4) is 16.9 Å². The van der Waals surface area contributed by atoms with Crippen molar-refractivity contribution in [2.45, 2.75) is 19.3 Å². The molecule has 0 saturated carbocycles. The molecule has 0 bridgehead atoms. The Hall–Kier alpha value is -3.21. The van der Waals surface area contributed by atoms with Gasteiger partial charge in [-0.25, -0.2) is 9.97 Å². The summed E-state index contributed by atoms with van der Waals surface area (Å²) < 4.78 is 0. The Kier molecular flexibility index (Phi) is 3.90. The monoisotopic (exact) mass is 331 g/mol. The summed E-state index contributed by atoms with van der Waals surface area (Å²) in [5.74, 6) is 1.08. The summed E-state index contributed by atoms with van der Waals surface area (Å²) in [6.45, 7) is 0. The molecule has 1 amide bonds. The van der Waals surface area contributed by atoms with Crippen LogP contribution in [-0.4, -0.2) is 21.0 Å². The van der Waals surface area contributed by atoms with E-state index in [0.717, 1.165) is 40.2 Å². The van der Waals surface area contributed by atoms with Gasteiger partial charge in [-0.05, 0) is 47.4 Å². The van der Waals surface area contributed by atoms with Crippen LogP contribution in [-0.2, 0) is 24.1 Å². The van der Waals surface area contributed by atoms with Gasteiger partial charge >= 0.3 is 0 Å². The molecule has 2 heterocycles. The highest BCUT2D eigenvalue weighted by Crippen LogP contribution is 2.28. The molecule has 0 saturated heterocycles. The van der Waals surface area contributed by atoms with Gasteiger partial charge in [0.05, 0.1) is 6.42 Å². The maximum atomic E-state index is 11.5. The maximum absolute atomic E-state index is 11.5. The van der Waals surface area contributed by atoms with E-state index < -0.39 is 0 Å². The molecule has 0 unspecified atom stereocenters. The van der Waals surface area contributed by atoms with Gasteiger partial charge in [0.15, 0.2) is 0 Å². The second kappa shape index (κ2) is 6.36. The number of benzene rings is 2. The smallest absolute Gasteiger partial charge is 0.228 e. The van der Waals surface area contributed by atoms with Crippen LogP contribution in [0.15, 0.2) is 54.9 Å². The second-order valence-corrected chi connectivity index (χ2v) is 6.15. The highest BCUT2D eigenvalue weighted by atomic mass is 16.3. The number of anilines is 1. The first kappa shape index (κ1) is 15.3. The quantitative estimate of drug-likeness (QED) is 0.770. The number of hydrogen-bond donors (Lipinski definition) is 2. The van der Waals surface area contributed by atoms with Crippen LogP contribution in [0.25, 0.3) is 11.1 Å². The van der Waals surface area contributed by atoms with Crippen LogP contribution in [0.3, 0.4) is 0 Å². The average Bonchev–Trinajstić information content (AvgIpc) is 2.99. The minimum absolute atomic E-state index is 0.0331. The molecule has 1 aliphatic heterocycles. The number of aromatic hydroxyl groups is 1. The van der Waals surface area contributed by atoms with E-state index in [2.05, 4.69) is 15.3 Å². The van der Waals surface area contributed by atoms with Crippen molar-refractivity contribution in [3.63, 3.8) is 0 Å². The molecule has 0 spiro atoms. The van der Waals surface area contributed by atoms with E-state index in [0.29, 0.717) is 12.8 Å². The van der Waals surface area contributed by atoms with E-state index in [1.54, 1.807) is 12.1 Å². The molecule has 4 rings (SSSR count). The first-order valence-electron chi connectivity index (χ1n) is 8.19. The SMILES string of the molecule is O=C1Cc2cc(-c3cnc(CCc4cccc(O)c4)nc3)ccc2N1. The molecule has 0 fully saturated rings. The number of amides is 1. The third-order valence-corrected chi connectivity index (χ3v) is 4.32. The van der Waals surface area contributed by atoms with Gasteiger partial charge in [-0.3, -0.25) is 4.79 Å². The topological polar surface area (TPSA) is 75.1 Å². The fourth-order valence-corrected chi connectivity index (χ4v) is 3.01. The van der Waals surface area contributed by atoms with E-state index >= 15 is 0 Å². The van der Waals surface area contributed by atoms with Crippen LogP contribution in [0, 0.1) is 0 Å². The van der Waals surface area contributed by atoms with Crippen molar-refractivity contribution < 1.29 is 9.90 Å².